The van der Waals surface area contributed by atoms with Crippen LogP contribution in [0.4, 0.5) is 0 Å². The summed E-state index contributed by atoms with van der Waals surface area (Å²) >= 11 is 5.93. The Bertz CT molecular complexity index is 428. The second kappa shape index (κ2) is 6.57. The van der Waals surface area contributed by atoms with Crippen LogP contribution in [0.1, 0.15) is 18.4 Å². The van der Waals surface area contributed by atoms with E-state index in [0.717, 1.165) is 31.5 Å². The normalized spacial score (nSPS) is 24.6. The van der Waals surface area contributed by atoms with Gasteiger partial charge in [-0.2, -0.15) is 0 Å². The van der Waals surface area contributed by atoms with Crippen molar-refractivity contribution < 1.29 is 9.84 Å². The van der Waals surface area contributed by atoms with Crippen molar-refractivity contribution in [3.05, 3.63) is 28.8 Å². The zero-order chi connectivity index (χ0) is 13.8. The van der Waals surface area contributed by atoms with Crippen LogP contribution >= 0.6 is 11.6 Å². The smallest absolute Gasteiger partial charge is 0.134 e. The third-order valence-corrected chi connectivity index (χ3v) is 4.10. The Kier molecular flexibility index (Phi) is 5.05. The molecular weight excluding hydrogens is 264 g/mol. The third-order valence-electron chi connectivity index (χ3n) is 3.79. The lowest BCUT2D eigenvalue weighted by molar-refractivity contribution is 0.0102. The number of phenolic OH excluding ortho intramolecular Hbond substituents is 1. The monoisotopic (exact) mass is 284 g/mol. The van der Waals surface area contributed by atoms with Crippen LogP contribution in [0.15, 0.2) is 18.2 Å². The third kappa shape index (κ3) is 3.60. The average Bonchev–Trinajstić information content (AvgIpc) is 2.43. The number of hydrogen-bond donors (Lipinski definition) is 2. The van der Waals surface area contributed by atoms with Gasteiger partial charge < -0.3 is 15.6 Å². The molecule has 1 saturated heterocycles. The first kappa shape index (κ1) is 14.6. The van der Waals surface area contributed by atoms with Gasteiger partial charge in [0.05, 0.1) is 11.1 Å². The summed E-state index contributed by atoms with van der Waals surface area (Å²) in [6.07, 6.45) is 2.31. The fourth-order valence-electron chi connectivity index (χ4n) is 2.61. The second-order valence-electron chi connectivity index (χ2n) is 5.03. The van der Waals surface area contributed by atoms with Crippen LogP contribution in [0.25, 0.3) is 0 Å². The topological polar surface area (TPSA) is 58.7 Å². The van der Waals surface area contributed by atoms with E-state index in [1.807, 2.05) is 12.1 Å². The fraction of sp³-hybridized carbons (Fsp3) is 0.571. The minimum Gasteiger partial charge on any atom is -0.506 e. The van der Waals surface area contributed by atoms with E-state index in [1.54, 1.807) is 13.2 Å². The van der Waals surface area contributed by atoms with Crippen molar-refractivity contribution in [1.82, 2.24) is 4.90 Å². The summed E-state index contributed by atoms with van der Waals surface area (Å²) in [6, 6.07) is 5.69. The molecule has 1 aliphatic heterocycles. The van der Waals surface area contributed by atoms with Crippen LogP contribution in [0, 0.1) is 0 Å². The first-order valence-electron chi connectivity index (χ1n) is 6.58. The van der Waals surface area contributed by atoms with E-state index in [1.165, 1.54) is 0 Å². The molecule has 19 heavy (non-hydrogen) atoms. The SMILES string of the molecule is COC1CCN(Cc2ccc(O)c(Cl)c2)C(CN)C1. The molecule has 0 spiro atoms. The standard InChI is InChI=1S/C14H21ClN2O2/c1-19-12-4-5-17(11(7-12)8-16)9-10-2-3-14(18)13(15)6-10/h2-3,6,11-12,18H,4-5,7-9,16H2,1H3. The summed E-state index contributed by atoms with van der Waals surface area (Å²) in [5, 5.41) is 9.83. The number of halogens is 1. The van der Waals surface area contributed by atoms with Crippen molar-refractivity contribution >= 4 is 11.6 Å². The van der Waals surface area contributed by atoms with Crippen LogP contribution in [0.2, 0.25) is 5.02 Å². The molecule has 0 saturated carbocycles. The number of nitrogens with two attached hydrogens (primary N) is 1. The zero-order valence-corrected chi connectivity index (χ0v) is 11.9. The quantitative estimate of drug-likeness (QED) is 0.888. The largest absolute Gasteiger partial charge is 0.506 e. The van der Waals surface area contributed by atoms with Crippen molar-refractivity contribution in [1.29, 1.82) is 0 Å². The maximum absolute atomic E-state index is 9.43. The summed E-state index contributed by atoms with van der Waals surface area (Å²) in [5.41, 5.74) is 6.95. The van der Waals surface area contributed by atoms with Gasteiger partial charge in [0, 0.05) is 32.8 Å². The molecule has 1 fully saturated rings. The highest BCUT2D eigenvalue weighted by Crippen LogP contribution is 2.26. The number of phenols is 1. The van der Waals surface area contributed by atoms with Gasteiger partial charge in [0.15, 0.2) is 0 Å². The van der Waals surface area contributed by atoms with Gasteiger partial charge >= 0.3 is 0 Å². The first-order chi connectivity index (χ1) is 9.13. The van der Waals surface area contributed by atoms with Gasteiger partial charge in [0.2, 0.25) is 0 Å². The van der Waals surface area contributed by atoms with Gasteiger partial charge in [-0.3, -0.25) is 4.90 Å². The lowest BCUT2D eigenvalue weighted by Crippen LogP contribution is -2.47. The number of rotatable bonds is 4. The van der Waals surface area contributed by atoms with Gasteiger partial charge in [-0.05, 0) is 30.5 Å². The first-order valence-corrected chi connectivity index (χ1v) is 6.96. The summed E-state index contributed by atoms with van der Waals surface area (Å²) in [6.45, 7) is 2.41. The van der Waals surface area contributed by atoms with E-state index >= 15 is 0 Å². The molecule has 1 aromatic rings. The lowest BCUT2D eigenvalue weighted by Gasteiger charge is -2.38. The van der Waals surface area contributed by atoms with Crippen LogP contribution in [0.5, 0.6) is 5.75 Å². The van der Waals surface area contributed by atoms with Crippen LogP contribution in [0.3, 0.4) is 0 Å². The van der Waals surface area contributed by atoms with Gasteiger partial charge in [-0.15, -0.1) is 0 Å². The van der Waals surface area contributed by atoms with Gasteiger partial charge in [0.25, 0.3) is 0 Å². The van der Waals surface area contributed by atoms with Crippen molar-refractivity contribution in [2.24, 2.45) is 5.73 Å². The molecule has 0 radical (unpaired) electrons. The maximum Gasteiger partial charge on any atom is 0.134 e. The molecule has 0 bridgehead atoms. The van der Waals surface area contributed by atoms with E-state index in [2.05, 4.69) is 4.90 Å². The predicted octanol–water partition coefficient (Wildman–Crippen LogP) is 1.98. The number of ether oxygens (including phenoxy) is 1. The maximum atomic E-state index is 9.43. The Labute approximate surface area is 119 Å². The number of nitrogens with zero attached hydrogens (tertiary/aromatic N) is 1. The highest BCUT2D eigenvalue weighted by atomic mass is 35.5. The molecule has 0 aromatic heterocycles. The van der Waals surface area contributed by atoms with Crippen molar-refractivity contribution in [3.63, 3.8) is 0 Å². The molecule has 3 N–H and O–H groups in total. The van der Waals surface area contributed by atoms with Crippen molar-refractivity contribution in [2.45, 2.75) is 31.5 Å². The number of aromatic hydroxyl groups is 1. The predicted molar refractivity (Wildman–Crippen MR) is 76.4 cm³/mol. The molecule has 5 heteroatoms. The highest BCUT2D eigenvalue weighted by Gasteiger charge is 2.27. The van der Waals surface area contributed by atoms with Gasteiger partial charge in [0.1, 0.15) is 5.75 Å². The summed E-state index contributed by atoms with van der Waals surface area (Å²) in [7, 11) is 1.76. The van der Waals surface area contributed by atoms with E-state index in [0.29, 0.717) is 23.7 Å². The molecule has 1 aliphatic rings. The average molecular weight is 285 g/mol. The van der Waals surface area contributed by atoms with E-state index in [-0.39, 0.29) is 5.75 Å². The zero-order valence-electron chi connectivity index (χ0n) is 11.2. The summed E-state index contributed by atoms with van der Waals surface area (Å²) < 4.78 is 5.42. The van der Waals surface area contributed by atoms with E-state index < -0.39 is 0 Å². The van der Waals surface area contributed by atoms with Crippen LogP contribution < -0.4 is 5.73 Å². The van der Waals surface area contributed by atoms with Crippen molar-refractivity contribution in [3.8, 4) is 5.75 Å². The van der Waals surface area contributed by atoms with Crippen LogP contribution in [-0.2, 0) is 11.3 Å². The summed E-state index contributed by atoms with van der Waals surface area (Å²) in [5.74, 6) is 0.124. The molecular formula is C14H21ClN2O2. The molecule has 4 nitrogen and oxygen atoms in total. The lowest BCUT2D eigenvalue weighted by atomic mass is 9.98. The Morgan fingerprint density at radius 2 is 2.32 bits per heavy atom. The van der Waals surface area contributed by atoms with Crippen molar-refractivity contribution in [2.75, 3.05) is 20.2 Å². The molecule has 0 aliphatic carbocycles. The Balaban J connectivity index is 2.03. The number of piperidine rings is 1. The number of likely N-dealkylation sites (tertiary alicyclic amines) is 1. The molecule has 1 heterocycles. The molecule has 0 amide bonds. The minimum atomic E-state index is 0.124. The number of methoxy groups -OCH3 is 1. The molecule has 1 aromatic carbocycles. The Hall–Kier alpha value is -0.810. The van der Waals surface area contributed by atoms with E-state index in [4.69, 9.17) is 22.1 Å². The Morgan fingerprint density at radius 1 is 1.53 bits per heavy atom. The fourth-order valence-corrected chi connectivity index (χ4v) is 2.82. The number of benzene rings is 1. The second-order valence-corrected chi connectivity index (χ2v) is 5.44. The van der Waals surface area contributed by atoms with Gasteiger partial charge in [-0.25, -0.2) is 0 Å². The minimum absolute atomic E-state index is 0.124. The van der Waals surface area contributed by atoms with Gasteiger partial charge in [-0.1, -0.05) is 17.7 Å². The molecule has 106 valence electrons. The Morgan fingerprint density at radius 3 is 2.95 bits per heavy atom. The molecule has 2 unspecified atom stereocenters. The molecule has 2 rings (SSSR count). The van der Waals surface area contributed by atoms with E-state index in [9.17, 15) is 5.11 Å². The highest BCUT2D eigenvalue weighted by molar-refractivity contribution is 6.32. The summed E-state index contributed by atoms with van der Waals surface area (Å²) in [4.78, 5) is 2.36. The number of hydrogen-bond acceptors (Lipinski definition) is 4. The van der Waals surface area contributed by atoms with Crippen LogP contribution in [-0.4, -0.2) is 42.4 Å². The molecule has 2 atom stereocenters.